The lowest BCUT2D eigenvalue weighted by molar-refractivity contribution is 0.103. The number of nitriles is 1. The highest BCUT2D eigenvalue weighted by Crippen LogP contribution is 2.31. The number of imidazole rings is 1. The van der Waals surface area contributed by atoms with Crippen LogP contribution in [0.3, 0.4) is 0 Å². The van der Waals surface area contributed by atoms with E-state index in [-0.39, 0.29) is 11.7 Å². The van der Waals surface area contributed by atoms with Crippen LogP contribution in [0.1, 0.15) is 29.0 Å². The Kier molecular flexibility index (Phi) is 5.22. The third-order valence-corrected chi connectivity index (χ3v) is 5.49. The smallest absolute Gasteiger partial charge is 0.263 e. The standard InChI is InChI=1S/C24H20N6O2/c25-14-16-4-3-13-30(15-16)23-24(27-12-11-26-23)32-18-9-7-17(8-10-18)21(31)22-28-19-5-1-2-6-20(19)29-22/h1-2,5-12,16H,3-4,13,15H2,(H,28,29). The van der Waals surface area contributed by atoms with Gasteiger partial charge < -0.3 is 14.6 Å². The number of carbonyl (C=O) groups excluding carboxylic acids is 1. The number of piperidine rings is 1. The number of aromatic amines is 1. The zero-order chi connectivity index (χ0) is 21.9. The van der Waals surface area contributed by atoms with Crippen molar-refractivity contribution in [2.24, 2.45) is 5.92 Å². The minimum atomic E-state index is -0.191. The number of ether oxygens (including phenoxy) is 1. The van der Waals surface area contributed by atoms with E-state index in [1.54, 1.807) is 36.7 Å². The molecule has 158 valence electrons. The van der Waals surface area contributed by atoms with Crippen LogP contribution in [0.25, 0.3) is 11.0 Å². The third kappa shape index (κ3) is 3.88. The minimum absolute atomic E-state index is 0.0258. The van der Waals surface area contributed by atoms with Crippen molar-refractivity contribution in [1.82, 2.24) is 19.9 Å². The number of nitrogens with one attached hydrogen (secondary N) is 1. The van der Waals surface area contributed by atoms with Crippen LogP contribution in [0.5, 0.6) is 11.6 Å². The van der Waals surface area contributed by atoms with Crippen molar-refractivity contribution < 1.29 is 9.53 Å². The van der Waals surface area contributed by atoms with E-state index in [2.05, 4.69) is 26.0 Å². The van der Waals surface area contributed by atoms with Crippen LogP contribution in [0.4, 0.5) is 5.82 Å². The Labute approximate surface area is 184 Å². The average Bonchev–Trinajstić information content (AvgIpc) is 3.29. The van der Waals surface area contributed by atoms with E-state index in [1.807, 2.05) is 29.2 Å². The Balaban J connectivity index is 1.34. The molecule has 1 unspecified atom stereocenters. The predicted octanol–water partition coefficient (Wildman–Crippen LogP) is 4.12. The first-order chi connectivity index (χ1) is 15.7. The summed E-state index contributed by atoms with van der Waals surface area (Å²) in [6.07, 6.45) is 5.01. The largest absolute Gasteiger partial charge is 0.436 e. The van der Waals surface area contributed by atoms with Gasteiger partial charge in [0.15, 0.2) is 11.6 Å². The number of H-pyrrole nitrogens is 1. The summed E-state index contributed by atoms with van der Waals surface area (Å²) >= 11 is 0. The maximum Gasteiger partial charge on any atom is 0.263 e. The molecule has 1 atom stereocenters. The molecule has 8 nitrogen and oxygen atoms in total. The van der Waals surface area contributed by atoms with Crippen molar-refractivity contribution >= 4 is 22.6 Å². The molecule has 0 amide bonds. The van der Waals surface area contributed by atoms with Crippen LogP contribution >= 0.6 is 0 Å². The fraction of sp³-hybridized carbons (Fsp3) is 0.208. The molecule has 1 fully saturated rings. The number of hydrogen-bond donors (Lipinski definition) is 1. The first-order valence-electron chi connectivity index (χ1n) is 10.4. The van der Waals surface area contributed by atoms with Gasteiger partial charge in [-0.3, -0.25) is 4.79 Å². The summed E-state index contributed by atoms with van der Waals surface area (Å²) in [4.78, 5) is 31.1. The topological polar surface area (TPSA) is 108 Å². The fourth-order valence-electron chi connectivity index (χ4n) is 3.86. The highest BCUT2D eigenvalue weighted by Gasteiger charge is 2.24. The Hall–Kier alpha value is -4.25. The van der Waals surface area contributed by atoms with Crippen molar-refractivity contribution in [2.45, 2.75) is 12.8 Å². The van der Waals surface area contributed by atoms with E-state index in [0.717, 1.165) is 30.4 Å². The Morgan fingerprint density at radius 1 is 1.12 bits per heavy atom. The molecular formula is C24H20N6O2. The number of fused-ring (bicyclic) bond motifs is 1. The molecule has 2 aromatic heterocycles. The monoisotopic (exact) mass is 424 g/mol. The molecule has 0 aliphatic carbocycles. The zero-order valence-electron chi connectivity index (χ0n) is 17.2. The quantitative estimate of drug-likeness (QED) is 0.480. The Morgan fingerprint density at radius 2 is 1.94 bits per heavy atom. The minimum Gasteiger partial charge on any atom is -0.436 e. The van der Waals surface area contributed by atoms with Crippen molar-refractivity contribution in [3.8, 4) is 17.7 Å². The van der Waals surface area contributed by atoms with Gasteiger partial charge in [-0.1, -0.05) is 12.1 Å². The molecule has 0 spiro atoms. The molecule has 2 aromatic carbocycles. The number of hydrogen-bond acceptors (Lipinski definition) is 7. The normalized spacial score (nSPS) is 16.0. The van der Waals surface area contributed by atoms with Gasteiger partial charge in [-0.25, -0.2) is 15.0 Å². The van der Waals surface area contributed by atoms with Gasteiger partial charge in [0.2, 0.25) is 5.78 Å². The van der Waals surface area contributed by atoms with Gasteiger partial charge in [0.1, 0.15) is 5.75 Å². The SMILES string of the molecule is N#CC1CCCN(c2nccnc2Oc2ccc(C(=O)c3nc4ccccc4[nH]3)cc2)C1. The summed E-state index contributed by atoms with van der Waals surface area (Å²) in [5.41, 5.74) is 2.08. The highest BCUT2D eigenvalue weighted by atomic mass is 16.5. The molecule has 5 rings (SSSR count). The predicted molar refractivity (Wildman–Crippen MR) is 119 cm³/mol. The zero-order valence-corrected chi connectivity index (χ0v) is 17.2. The molecule has 32 heavy (non-hydrogen) atoms. The molecule has 1 saturated heterocycles. The summed E-state index contributed by atoms with van der Waals surface area (Å²) in [5, 5.41) is 9.28. The summed E-state index contributed by atoms with van der Waals surface area (Å²) in [6.45, 7) is 1.41. The van der Waals surface area contributed by atoms with E-state index >= 15 is 0 Å². The van der Waals surface area contributed by atoms with Gasteiger partial charge in [0.05, 0.1) is 23.0 Å². The first-order valence-corrected chi connectivity index (χ1v) is 10.4. The molecule has 3 heterocycles. The summed E-state index contributed by atoms with van der Waals surface area (Å²) in [6, 6.07) is 16.7. The van der Waals surface area contributed by atoms with Gasteiger partial charge in [0, 0.05) is 31.0 Å². The summed E-state index contributed by atoms with van der Waals surface area (Å²) < 4.78 is 5.99. The molecule has 0 radical (unpaired) electrons. The number of anilines is 1. The van der Waals surface area contributed by atoms with E-state index in [0.29, 0.717) is 35.4 Å². The number of para-hydroxylation sites is 2. The van der Waals surface area contributed by atoms with Crippen LogP contribution in [-0.2, 0) is 0 Å². The Bertz CT molecular complexity index is 1280. The number of nitrogens with zero attached hydrogens (tertiary/aromatic N) is 5. The number of aromatic nitrogens is 4. The van der Waals surface area contributed by atoms with E-state index < -0.39 is 0 Å². The maximum atomic E-state index is 12.8. The second kappa shape index (κ2) is 8.47. The van der Waals surface area contributed by atoms with Gasteiger partial charge in [-0.15, -0.1) is 0 Å². The molecule has 1 N–H and O–H groups in total. The molecule has 0 saturated carbocycles. The van der Waals surface area contributed by atoms with Gasteiger partial charge in [-0.05, 0) is 49.2 Å². The average molecular weight is 424 g/mol. The number of benzene rings is 2. The number of carbonyl (C=O) groups is 1. The van der Waals surface area contributed by atoms with E-state index in [9.17, 15) is 10.1 Å². The molecule has 4 aromatic rings. The van der Waals surface area contributed by atoms with Crippen LogP contribution in [0, 0.1) is 17.2 Å². The van der Waals surface area contributed by atoms with Gasteiger partial charge >= 0.3 is 0 Å². The van der Waals surface area contributed by atoms with Crippen molar-refractivity contribution in [2.75, 3.05) is 18.0 Å². The lowest BCUT2D eigenvalue weighted by Crippen LogP contribution is -2.35. The summed E-state index contributed by atoms with van der Waals surface area (Å²) in [5.74, 6) is 1.62. The first kappa shape index (κ1) is 19.7. The van der Waals surface area contributed by atoms with Gasteiger partial charge in [-0.2, -0.15) is 5.26 Å². The van der Waals surface area contributed by atoms with Crippen LogP contribution in [0.15, 0.2) is 60.9 Å². The Morgan fingerprint density at radius 3 is 2.75 bits per heavy atom. The molecule has 1 aliphatic rings. The molecule has 0 bridgehead atoms. The highest BCUT2D eigenvalue weighted by molar-refractivity contribution is 6.08. The van der Waals surface area contributed by atoms with Gasteiger partial charge in [0.25, 0.3) is 5.88 Å². The van der Waals surface area contributed by atoms with Crippen molar-refractivity contribution in [1.29, 1.82) is 5.26 Å². The number of rotatable bonds is 5. The summed E-state index contributed by atoms with van der Waals surface area (Å²) in [7, 11) is 0. The van der Waals surface area contributed by atoms with Crippen molar-refractivity contribution in [3.05, 3.63) is 72.3 Å². The number of ketones is 1. The van der Waals surface area contributed by atoms with E-state index in [4.69, 9.17) is 4.74 Å². The van der Waals surface area contributed by atoms with Crippen LogP contribution in [-0.4, -0.2) is 38.8 Å². The maximum absolute atomic E-state index is 12.8. The lowest BCUT2D eigenvalue weighted by atomic mass is 10.00. The molecule has 8 heteroatoms. The van der Waals surface area contributed by atoms with Crippen LogP contribution in [0.2, 0.25) is 0 Å². The lowest BCUT2D eigenvalue weighted by Gasteiger charge is -2.30. The third-order valence-electron chi connectivity index (χ3n) is 5.49. The molecular weight excluding hydrogens is 404 g/mol. The fourth-order valence-corrected chi connectivity index (χ4v) is 3.86. The van der Waals surface area contributed by atoms with Crippen molar-refractivity contribution in [3.63, 3.8) is 0 Å². The second-order valence-electron chi connectivity index (χ2n) is 7.66. The van der Waals surface area contributed by atoms with Crippen LogP contribution < -0.4 is 9.64 Å². The van der Waals surface area contributed by atoms with E-state index in [1.165, 1.54) is 0 Å². The second-order valence-corrected chi connectivity index (χ2v) is 7.66. The molecule has 1 aliphatic heterocycles.